The molecule has 1 heterocycles. The van der Waals surface area contributed by atoms with Crippen LogP contribution in [-0.4, -0.2) is 45.8 Å². The Kier molecular flexibility index (Phi) is 6.82. The van der Waals surface area contributed by atoms with Crippen molar-refractivity contribution in [1.82, 2.24) is 15.4 Å². The second-order valence-corrected chi connectivity index (χ2v) is 8.04. The minimum absolute atomic E-state index is 0.136. The summed E-state index contributed by atoms with van der Waals surface area (Å²) in [5, 5.41) is 19.6. The first-order chi connectivity index (χ1) is 15.2. The minimum atomic E-state index is -0.540. The van der Waals surface area contributed by atoms with Crippen molar-refractivity contribution in [1.29, 1.82) is 0 Å². The Hall–Kier alpha value is -2.93. The summed E-state index contributed by atoms with van der Waals surface area (Å²) < 4.78 is 0. The standard InChI is InChI=1S/C25H29N3O3/c29-15-14-28(13-12-20-17-26-23-6-2-1-5-21(20)23)24-7-3-4-19-16-18(8-10-22(19)24)9-11-25(30)27-31/h1-2,5-6,8-11,16-17,24,26,29,31H,3-4,7,12-15H2,(H,27,30)/b11-9+/t24-/m1/s1. The Bertz CT molecular complexity index is 1070. The third-order valence-corrected chi connectivity index (χ3v) is 6.16. The zero-order valence-electron chi connectivity index (χ0n) is 17.6. The lowest BCUT2D eigenvalue weighted by molar-refractivity contribution is -0.124. The third-order valence-electron chi connectivity index (χ3n) is 6.16. The number of fused-ring (bicyclic) bond motifs is 2. The van der Waals surface area contributed by atoms with Crippen LogP contribution in [0.1, 0.15) is 41.1 Å². The molecule has 0 bridgehead atoms. The molecule has 0 radical (unpaired) electrons. The Labute approximate surface area is 182 Å². The summed E-state index contributed by atoms with van der Waals surface area (Å²) >= 11 is 0. The first kappa shape index (κ1) is 21.3. The van der Waals surface area contributed by atoms with Gasteiger partial charge in [0, 0.05) is 42.3 Å². The topological polar surface area (TPSA) is 88.6 Å². The van der Waals surface area contributed by atoms with Crippen molar-refractivity contribution < 1.29 is 15.1 Å². The van der Waals surface area contributed by atoms with E-state index >= 15 is 0 Å². The zero-order valence-corrected chi connectivity index (χ0v) is 17.6. The molecule has 162 valence electrons. The van der Waals surface area contributed by atoms with Gasteiger partial charge in [-0.1, -0.05) is 36.4 Å². The van der Waals surface area contributed by atoms with Gasteiger partial charge in [-0.2, -0.15) is 0 Å². The molecule has 0 unspecified atom stereocenters. The summed E-state index contributed by atoms with van der Waals surface area (Å²) in [6.45, 7) is 1.66. The van der Waals surface area contributed by atoms with Crippen LogP contribution in [-0.2, 0) is 17.6 Å². The van der Waals surface area contributed by atoms with E-state index in [1.54, 1.807) is 11.6 Å². The van der Waals surface area contributed by atoms with Gasteiger partial charge in [-0.15, -0.1) is 0 Å². The molecule has 0 spiro atoms. The van der Waals surface area contributed by atoms with Gasteiger partial charge in [0.1, 0.15) is 0 Å². The largest absolute Gasteiger partial charge is 0.395 e. The maximum absolute atomic E-state index is 11.3. The fourth-order valence-corrected chi connectivity index (χ4v) is 4.66. The summed E-state index contributed by atoms with van der Waals surface area (Å²) in [4.78, 5) is 17.0. The Morgan fingerprint density at radius 2 is 2.10 bits per heavy atom. The Morgan fingerprint density at radius 1 is 1.23 bits per heavy atom. The average Bonchev–Trinajstić information content (AvgIpc) is 3.22. The van der Waals surface area contributed by atoms with Crippen LogP contribution in [0.5, 0.6) is 0 Å². The van der Waals surface area contributed by atoms with Gasteiger partial charge in [-0.25, -0.2) is 5.48 Å². The summed E-state index contributed by atoms with van der Waals surface area (Å²) in [6, 6.07) is 14.9. The van der Waals surface area contributed by atoms with Crippen LogP contribution >= 0.6 is 0 Å². The van der Waals surface area contributed by atoms with Crippen molar-refractivity contribution in [2.45, 2.75) is 31.7 Å². The van der Waals surface area contributed by atoms with Crippen LogP contribution in [0.15, 0.2) is 54.7 Å². The van der Waals surface area contributed by atoms with E-state index in [1.807, 2.05) is 12.1 Å². The molecule has 1 atom stereocenters. The summed E-state index contributed by atoms with van der Waals surface area (Å²) in [5.41, 5.74) is 7.61. The predicted octanol–water partition coefficient (Wildman–Crippen LogP) is 3.60. The molecule has 1 amide bonds. The molecule has 6 nitrogen and oxygen atoms in total. The second-order valence-electron chi connectivity index (χ2n) is 8.04. The third kappa shape index (κ3) is 4.88. The average molecular weight is 420 g/mol. The number of aliphatic hydroxyl groups excluding tert-OH is 1. The molecular weight excluding hydrogens is 390 g/mol. The molecule has 3 aromatic rings. The monoisotopic (exact) mass is 419 g/mol. The maximum atomic E-state index is 11.3. The number of hydroxylamine groups is 1. The number of benzene rings is 2. The van der Waals surface area contributed by atoms with E-state index in [-0.39, 0.29) is 12.6 Å². The van der Waals surface area contributed by atoms with E-state index in [1.165, 1.54) is 28.2 Å². The molecule has 31 heavy (non-hydrogen) atoms. The second kappa shape index (κ2) is 9.92. The molecular formula is C25H29N3O3. The number of rotatable bonds is 8. The van der Waals surface area contributed by atoms with Gasteiger partial charge in [0.25, 0.3) is 5.91 Å². The number of nitrogens with zero attached hydrogens (tertiary/aromatic N) is 1. The van der Waals surface area contributed by atoms with Crippen LogP contribution in [0.2, 0.25) is 0 Å². The Morgan fingerprint density at radius 3 is 2.94 bits per heavy atom. The smallest absolute Gasteiger partial charge is 0.267 e. The fraction of sp³-hybridized carbons (Fsp3) is 0.320. The highest BCUT2D eigenvalue weighted by Gasteiger charge is 2.25. The highest BCUT2D eigenvalue weighted by molar-refractivity contribution is 5.90. The number of hydrogen-bond acceptors (Lipinski definition) is 4. The quantitative estimate of drug-likeness (QED) is 0.255. The number of amides is 1. The molecule has 2 aromatic carbocycles. The van der Waals surface area contributed by atoms with Crippen molar-refractivity contribution in [3.8, 4) is 0 Å². The van der Waals surface area contributed by atoms with Crippen molar-refractivity contribution >= 4 is 22.9 Å². The van der Waals surface area contributed by atoms with Gasteiger partial charge in [0.2, 0.25) is 0 Å². The number of aromatic nitrogens is 1. The molecule has 1 aliphatic rings. The van der Waals surface area contributed by atoms with Crippen LogP contribution in [0.3, 0.4) is 0 Å². The highest BCUT2D eigenvalue weighted by Crippen LogP contribution is 2.35. The van der Waals surface area contributed by atoms with Crippen molar-refractivity contribution in [3.05, 3.63) is 77.0 Å². The van der Waals surface area contributed by atoms with Crippen LogP contribution in [0.4, 0.5) is 0 Å². The van der Waals surface area contributed by atoms with Crippen LogP contribution in [0, 0.1) is 0 Å². The summed E-state index contributed by atoms with van der Waals surface area (Å²) in [7, 11) is 0. The van der Waals surface area contributed by atoms with Gasteiger partial charge in [0.15, 0.2) is 0 Å². The van der Waals surface area contributed by atoms with Gasteiger partial charge in [0.05, 0.1) is 6.61 Å². The fourth-order valence-electron chi connectivity index (χ4n) is 4.66. The number of nitrogens with one attached hydrogen (secondary N) is 2. The number of carbonyl (C=O) groups excluding carboxylic acids is 1. The van der Waals surface area contributed by atoms with Gasteiger partial charge in [-0.05, 0) is 60.1 Å². The predicted molar refractivity (Wildman–Crippen MR) is 122 cm³/mol. The molecule has 4 rings (SSSR count). The number of aromatic amines is 1. The lowest BCUT2D eigenvalue weighted by Gasteiger charge is -2.36. The number of para-hydroxylation sites is 1. The molecule has 0 aliphatic heterocycles. The number of aliphatic hydroxyl groups is 1. The molecule has 0 saturated heterocycles. The maximum Gasteiger partial charge on any atom is 0.267 e. The Balaban J connectivity index is 1.52. The normalized spacial score (nSPS) is 16.2. The summed E-state index contributed by atoms with van der Waals surface area (Å²) in [6.07, 6.45) is 9.22. The lowest BCUT2D eigenvalue weighted by atomic mass is 9.85. The number of carbonyl (C=O) groups is 1. The first-order valence-corrected chi connectivity index (χ1v) is 10.8. The number of aryl methyl sites for hydroxylation is 1. The van der Waals surface area contributed by atoms with Gasteiger partial charge < -0.3 is 10.1 Å². The molecule has 1 aliphatic carbocycles. The molecule has 0 fully saturated rings. The minimum Gasteiger partial charge on any atom is -0.395 e. The van der Waals surface area contributed by atoms with Crippen molar-refractivity contribution in [3.63, 3.8) is 0 Å². The van der Waals surface area contributed by atoms with Crippen LogP contribution in [0.25, 0.3) is 17.0 Å². The number of H-pyrrole nitrogens is 1. The SMILES string of the molecule is O=C(/C=C/c1ccc2c(c1)CCC[C@H]2N(CCO)CCc1c[nH]c2ccccc12)NO. The van der Waals surface area contributed by atoms with Gasteiger partial charge >= 0.3 is 0 Å². The van der Waals surface area contributed by atoms with Crippen LogP contribution < -0.4 is 5.48 Å². The van der Waals surface area contributed by atoms with Gasteiger partial charge in [-0.3, -0.25) is 14.9 Å². The highest BCUT2D eigenvalue weighted by atomic mass is 16.5. The molecule has 0 saturated carbocycles. The van der Waals surface area contributed by atoms with Crippen molar-refractivity contribution in [2.24, 2.45) is 0 Å². The molecule has 1 aromatic heterocycles. The van der Waals surface area contributed by atoms with E-state index in [4.69, 9.17) is 5.21 Å². The van der Waals surface area contributed by atoms with E-state index in [0.29, 0.717) is 6.54 Å². The molecule has 4 N–H and O–H groups in total. The van der Waals surface area contributed by atoms with E-state index in [0.717, 1.165) is 43.3 Å². The number of hydrogen-bond donors (Lipinski definition) is 4. The van der Waals surface area contributed by atoms with E-state index in [9.17, 15) is 9.90 Å². The summed E-state index contributed by atoms with van der Waals surface area (Å²) in [5.74, 6) is -0.540. The lowest BCUT2D eigenvalue weighted by Crippen LogP contribution is -2.35. The van der Waals surface area contributed by atoms with Crippen molar-refractivity contribution in [2.75, 3.05) is 19.7 Å². The van der Waals surface area contributed by atoms with E-state index in [2.05, 4.69) is 46.4 Å². The first-order valence-electron chi connectivity index (χ1n) is 10.8. The zero-order chi connectivity index (χ0) is 21.6. The van der Waals surface area contributed by atoms with E-state index < -0.39 is 5.91 Å². The molecule has 6 heteroatoms.